The maximum Gasteiger partial charge on any atom is 0.0542 e. The van der Waals surface area contributed by atoms with E-state index in [1.165, 1.54) is 71.9 Å². The van der Waals surface area contributed by atoms with E-state index in [0.717, 1.165) is 18.5 Å². The van der Waals surface area contributed by atoms with Crippen LogP contribution < -0.4 is 0 Å². The van der Waals surface area contributed by atoms with E-state index in [4.69, 9.17) is 0 Å². The molecule has 208 valence electrons. The molecule has 6 aromatic carbocycles. The van der Waals surface area contributed by atoms with Gasteiger partial charge in [-0.2, -0.15) is 0 Å². The lowest BCUT2D eigenvalue weighted by molar-refractivity contribution is 0.968. The molecular formula is C42H30N2. The van der Waals surface area contributed by atoms with E-state index in [1.54, 1.807) is 0 Å². The second kappa shape index (κ2) is 10.00. The Balaban J connectivity index is 1.31. The molecule has 0 saturated carbocycles. The van der Waals surface area contributed by atoms with Gasteiger partial charge in [0.1, 0.15) is 0 Å². The third-order valence-electron chi connectivity index (χ3n) is 9.16. The largest absolute Gasteiger partial charge is 0.310 e. The molecule has 0 atom stereocenters. The molecule has 0 spiro atoms. The van der Waals surface area contributed by atoms with Gasteiger partial charge < -0.3 is 9.13 Å². The van der Waals surface area contributed by atoms with Crippen molar-refractivity contribution in [3.8, 4) is 33.6 Å². The predicted octanol–water partition coefficient (Wildman–Crippen LogP) is 11.0. The van der Waals surface area contributed by atoms with Crippen LogP contribution in [0.4, 0.5) is 0 Å². The van der Waals surface area contributed by atoms with E-state index in [-0.39, 0.29) is 0 Å². The molecule has 0 saturated heterocycles. The van der Waals surface area contributed by atoms with Crippen LogP contribution in [0.25, 0.3) is 72.4 Å². The zero-order chi connectivity index (χ0) is 29.0. The Hall–Kier alpha value is -5.60. The Bertz CT molecular complexity index is 2310. The quantitative estimate of drug-likeness (QED) is 0.202. The third kappa shape index (κ3) is 3.88. The van der Waals surface area contributed by atoms with Gasteiger partial charge in [0, 0.05) is 33.2 Å². The summed E-state index contributed by atoms with van der Waals surface area (Å²) < 4.78 is 4.89. The molecular weight excluding hydrogens is 532 g/mol. The summed E-state index contributed by atoms with van der Waals surface area (Å²) in [4.78, 5) is 0. The number of fused-ring (bicyclic) bond motifs is 6. The van der Waals surface area contributed by atoms with Crippen LogP contribution in [0.1, 0.15) is 17.7 Å². The summed E-state index contributed by atoms with van der Waals surface area (Å²) in [6, 6.07) is 53.1. The van der Waals surface area contributed by atoms with Crippen LogP contribution in [-0.4, -0.2) is 9.13 Å². The molecule has 0 unspecified atom stereocenters. The van der Waals surface area contributed by atoms with Crippen molar-refractivity contribution in [2.75, 3.05) is 0 Å². The van der Waals surface area contributed by atoms with Crippen molar-refractivity contribution in [2.45, 2.75) is 12.8 Å². The zero-order valence-electron chi connectivity index (χ0n) is 24.3. The van der Waals surface area contributed by atoms with Gasteiger partial charge in [-0.3, -0.25) is 0 Å². The number of aryl methyl sites for hydroxylation is 1. The highest BCUT2D eigenvalue weighted by atomic mass is 15.0. The molecule has 2 heterocycles. The van der Waals surface area contributed by atoms with E-state index < -0.39 is 0 Å². The average Bonchev–Trinajstić information content (AvgIpc) is 3.61. The minimum absolute atomic E-state index is 1.09. The van der Waals surface area contributed by atoms with Crippen molar-refractivity contribution in [3.05, 3.63) is 163 Å². The molecule has 0 N–H and O–H groups in total. The van der Waals surface area contributed by atoms with Crippen molar-refractivity contribution < 1.29 is 0 Å². The molecule has 44 heavy (non-hydrogen) atoms. The summed E-state index contributed by atoms with van der Waals surface area (Å²) in [7, 11) is 0. The van der Waals surface area contributed by atoms with Crippen LogP contribution in [0.2, 0.25) is 0 Å². The molecule has 2 nitrogen and oxygen atoms in total. The van der Waals surface area contributed by atoms with Gasteiger partial charge in [-0.25, -0.2) is 0 Å². The van der Waals surface area contributed by atoms with Gasteiger partial charge in [-0.1, -0.05) is 103 Å². The topological polar surface area (TPSA) is 9.86 Å². The smallest absolute Gasteiger partial charge is 0.0542 e. The van der Waals surface area contributed by atoms with E-state index in [2.05, 4.69) is 167 Å². The summed E-state index contributed by atoms with van der Waals surface area (Å²) >= 11 is 0. The lowest BCUT2D eigenvalue weighted by atomic mass is 9.98. The number of hydrogen-bond donors (Lipinski definition) is 0. The van der Waals surface area contributed by atoms with Crippen molar-refractivity contribution in [2.24, 2.45) is 0 Å². The maximum atomic E-state index is 2.45. The van der Waals surface area contributed by atoms with Gasteiger partial charge in [0.2, 0.25) is 0 Å². The van der Waals surface area contributed by atoms with Gasteiger partial charge in [0.15, 0.2) is 0 Å². The standard InChI is InChI=1S/C42H30N2/c1-3-13-29(14-4-1)31-25-32(30-15-5-2-6-16-30)27-34(26-31)44-41-22-12-9-19-37(41)38-28-33(23-24-42(38)44)43-39-20-10-7-17-35(39)36-18-8-11-21-40(36)43/h1-7,9-17,19-28H,8,18H2. The normalized spacial score (nSPS) is 12.7. The second-order valence-electron chi connectivity index (χ2n) is 11.7. The SMILES string of the molecule is C1=Cc2c(c3ccccc3n2-c2ccc3c(c2)c2ccccc2n3-c2cc(-c3ccccc3)cc(-c3ccccc3)c2)CC1. The number of aromatic nitrogens is 2. The molecule has 0 bridgehead atoms. The minimum Gasteiger partial charge on any atom is -0.310 e. The van der Waals surface area contributed by atoms with Crippen molar-refractivity contribution >= 4 is 38.8 Å². The molecule has 0 amide bonds. The van der Waals surface area contributed by atoms with E-state index in [9.17, 15) is 0 Å². The molecule has 0 fully saturated rings. The van der Waals surface area contributed by atoms with Crippen molar-refractivity contribution in [1.29, 1.82) is 0 Å². The van der Waals surface area contributed by atoms with Crippen LogP contribution in [0, 0.1) is 0 Å². The van der Waals surface area contributed by atoms with E-state index >= 15 is 0 Å². The first-order chi connectivity index (χ1) is 21.8. The zero-order valence-corrected chi connectivity index (χ0v) is 24.3. The van der Waals surface area contributed by atoms with Gasteiger partial charge in [-0.05, 0) is 95.3 Å². The molecule has 0 radical (unpaired) electrons. The second-order valence-corrected chi connectivity index (χ2v) is 11.7. The highest BCUT2D eigenvalue weighted by Crippen LogP contribution is 2.39. The van der Waals surface area contributed by atoms with Crippen LogP contribution in [0.5, 0.6) is 0 Å². The Morgan fingerprint density at radius 3 is 1.70 bits per heavy atom. The number of nitrogens with zero attached hydrogens (tertiary/aromatic N) is 2. The Morgan fingerprint density at radius 2 is 1.00 bits per heavy atom. The molecule has 2 heteroatoms. The van der Waals surface area contributed by atoms with E-state index in [0.29, 0.717) is 0 Å². The first-order valence-corrected chi connectivity index (χ1v) is 15.4. The minimum atomic E-state index is 1.09. The maximum absolute atomic E-state index is 2.45. The fourth-order valence-electron chi connectivity index (χ4n) is 7.18. The van der Waals surface area contributed by atoms with Crippen LogP contribution in [0.3, 0.4) is 0 Å². The number of hydrogen-bond acceptors (Lipinski definition) is 0. The van der Waals surface area contributed by atoms with Gasteiger partial charge >= 0.3 is 0 Å². The van der Waals surface area contributed by atoms with Gasteiger partial charge in [0.25, 0.3) is 0 Å². The first-order valence-electron chi connectivity index (χ1n) is 15.4. The Labute approximate surface area is 256 Å². The highest BCUT2D eigenvalue weighted by Gasteiger charge is 2.20. The summed E-state index contributed by atoms with van der Waals surface area (Å²) in [5, 5.41) is 3.88. The van der Waals surface area contributed by atoms with E-state index in [1.807, 2.05) is 0 Å². The average molecular weight is 563 g/mol. The first kappa shape index (κ1) is 24.9. The molecule has 0 aliphatic heterocycles. The Morgan fingerprint density at radius 1 is 0.409 bits per heavy atom. The monoisotopic (exact) mass is 562 g/mol. The molecule has 1 aliphatic rings. The summed E-state index contributed by atoms with van der Waals surface area (Å²) in [6.45, 7) is 0. The number of rotatable bonds is 4. The lowest BCUT2D eigenvalue weighted by Crippen LogP contribution is -2.00. The van der Waals surface area contributed by atoms with Crippen LogP contribution >= 0.6 is 0 Å². The van der Waals surface area contributed by atoms with Gasteiger partial charge in [0.05, 0.1) is 16.6 Å². The van der Waals surface area contributed by atoms with Gasteiger partial charge in [-0.15, -0.1) is 0 Å². The fourth-order valence-corrected chi connectivity index (χ4v) is 7.18. The fraction of sp³-hybridized carbons (Fsp3) is 0.0476. The molecule has 8 aromatic rings. The Kier molecular flexibility index (Phi) is 5.67. The third-order valence-corrected chi connectivity index (χ3v) is 9.16. The van der Waals surface area contributed by atoms with Crippen LogP contribution in [0.15, 0.2) is 152 Å². The molecule has 1 aliphatic carbocycles. The van der Waals surface area contributed by atoms with Crippen molar-refractivity contribution in [3.63, 3.8) is 0 Å². The number of benzene rings is 6. The van der Waals surface area contributed by atoms with Crippen LogP contribution in [-0.2, 0) is 6.42 Å². The summed E-state index contributed by atoms with van der Waals surface area (Å²) in [6.07, 6.45) is 6.81. The highest BCUT2D eigenvalue weighted by molar-refractivity contribution is 6.10. The number of allylic oxidation sites excluding steroid dienone is 1. The number of para-hydroxylation sites is 2. The van der Waals surface area contributed by atoms with Crippen molar-refractivity contribution in [1.82, 2.24) is 9.13 Å². The summed E-state index contributed by atoms with van der Waals surface area (Å²) in [5.74, 6) is 0. The molecule has 2 aromatic heterocycles. The molecule has 9 rings (SSSR count). The summed E-state index contributed by atoms with van der Waals surface area (Å²) in [5.41, 5.74) is 13.7. The predicted molar refractivity (Wildman–Crippen MR) is 186 cm³/mol. The lowest BCUT2D eigenvalue weighted by Gasteiger charge is -2.15.